The fraction of sp³-hybridized carbons (Fsp3) is 0.422. The molecule has 4 aromatic rings. The van der Waals surface area contributed by atoms with Gasteiger partial charge in [-0.3, -0.25) is 9.98 Å². The molecule has 248 valence electrons. The van der Waals surface area contributed by atoms with Crippen molar-refractivity contribution in [1.82, 2.24) is 0 Å². The van der Waals surface area contributed by atoms with Crippen LogP contribution in [-0.4, -0.2) is 11.9 Å². The van der Waals surface area contributed by atoms with Gasteiger partial charge in [0.15, 0.2) is 0 Å². The highest BCUT2D eigenvalue weighted by Gasteiger charge is 2.13. The van der Waals surface area contributed by atoms with Crippen LogP contribution in [0.15, 0.2) is 94.9 Å². The van der Waals surface area contributed by atoms with E-state index in [1.807, 2.05) is 6.21 Å². The highest BCUT2D eigenvalue weighted by molar-refractivity contribution is 6.31. The summed E-state index contributed by atoms with van der Waals surface area (Å²) in [6, 6.07) is 30.6. The summed E-state index contributed by atoms with van der Waals surface area (Å²) in [5.74, 6) is 0. The third kappa shape index (κ3) is 10.9. The first kappa shape index (κ1) is 36.1. The van der Waals surface area contributed by atoms with E-state index in [-0.39, 0.29) is 0 Å². The van der Waals surface area contributed by atoms with Crippen LogP contribution in [0.25, 0.3) is 22.3 Å². The van der Waals surface area contributed by atoms with Crippen molar-refractivity contribution in [1.29, 1.82) is 0 Å². The van der Waals surface area contributed by atoms with Gasteiger partial charge in [0, 0.05) is 6.21 Å². The van der Waals surface area contributed by atoms with Crippen LogP contribution in [0.1, 0.15) is 121 Å². The number of hydrogen-bond acceptors (Lipinski definition) is 2. The Morgan fingerprint density at radius 3 is 1.57 bits per heavy atom. The molecular weight excluding hydrogens is 569 g/mol. The second kappa shape index (κ2) is 19.8. The van der Waals surface area contributed by atoms with Crippen LogP contribution in [-0.2, 0) is 19.3 Å². The van der Waals surface area contributed by atoms with Gasteiger partial charge in [-0.1, -0.05) is 133 Å². The van der Waals surface area contributed by atoms with Crippen molar-refractivity contribution in [2.75, 3.05) is 0 Å². The standard InChI is InChI=1S/C45H58N2/c1-6-10-13-14-15-22-29-43-38(23-11-7-2)30-42(31-39(43)24-12-8-3)47-40(9-4)34-46-41-32-44(36-25-18-16-19-26-36)35(5)45(33-41)37-27-20-17-21-28-37/h16-21,25-28,30-34H,6-15,22-24,29H2,1-5H3. The number of aryl methyl sites for hydroxylation is 2. The molecule has 0 aromatic heterocycles. The molecule has 0 radical (unpaired) electrons. The van der Waals surface area contributed by atoms with Gasteiger partial charge in [-0.05, 0) is 121 Å². The van der Waals surface area contributed by atoms with Crippen molar-refractivity contribution in [3.05, 3.63) is 107 Å². The van der Waals surface area contributed by atoms with E-state index in [0.29, 0.717) is 0 Å². The average molecular weight is 627 g/mol. The van der Waals surface area contributed by atoms with Gasteiger partial charge in [0.1, 0.15) is 0 Å². The summed E-state index contributed by atoms with van der Waals surface area (Å²) in [4.78, 5) is 10.3. The summed E-state index contributed by atoms with van der Waals surface area (Å²) in [5, 5.41) is 0. The third-order valence-electron chi connectivity index (χ3n) is 9.36. The Labute approximate surface area is 286 Å². The zero-order chi connectivity index (χ0) is 33.3. The number of benzene rings is 4. The number of aliphatic imine (C=N–C) groups is 2. The zero-order valence-electron chi connectivity index (χ0n) is 30.0. The quantitative estimate of drug-likeness (QED) is 0.0731. The van der Waals surface area contributed by atoms with Crippen molar-refractivity contribution < 1.29 is 0 Å². The van der Waals surface area contributed by atoms with E-state index >= 15 is 0 Å². The molecule has 0 saturated carbocycles. The average Bonchev–Trinajstić information content (AvgIpc) is 3.11. The first-order valence-corrected chi connectivity index (χ1v) is 18.6. The lowest BCUT2D eigenvalue weighted by molar-refractivity contribution is 0.604. The molecule has 0 heterocycles. The van der Waals surface area contributed by atoms with Crippen molar-refractivity contribution in [3.63, 3.8) is 0 Å². The molecule has 0 unspecified atom stereocenters. The van der Waals surface area contributed by atoms with E-state index in [9.17, 15) is 0 Å². The SMILES string of the molecule is CCCCCCCCc1c(CCCC)cc(N=C(C=Nc2cc(-c3ccccc3)c(C)c(-c3ccccc3)c2)CC)cc1CCCC. The molecule has 47 heavy (non-hydrogen) atoms. The van der Waals surface area contributed by atoms with E-state index in [1.54, 1.807) is 5.56 Å². The molecule has 0 saturated heterocycles. The fourth-order valence-electron chi connectivity index (χ4n) is 6.55. The lowest BCUT2D eigenvalue weighted by atomic mass is 9.90. The number of rotatable bonds is 19. The Morgan fingerprint density at radius 2 is 1.06 bits per heavy atom. The Kier molecular flexibility index (Phi) is 15.2. The fourth-order valence-corrected chi connectivity index (χ4v) is 6.55. The van der Waals surface area contributed by atoms with Gasteiger partial charge in [-0.2, -0.15) is 0 Å². The van der Waals surface area contributed by atoms with Crippen LogP contribution in [0.2, 0.25) is 0 Å². The van der Waals surface area contributed by atoms with Gasteiger partial charge >= 0.3 is 0 Å². The Balaban J connectivity index is 1.68. The first-order chi connectivity index (χ1) is 23.1. The predicted octanol–water partition coefficient (Wildman–Crippen LogP) is 13.8. The molecule has 0 atom stereocenters. The molecular formula is C45H58N2. The Bertz CT molecular complexity index is 1470. The van der Waals surface area contributed by atoms with Crippen LogP contribution < -0.4 is 0 Å². The summed E-state index contributed by atoms with van der Waals surface area (Å²) in [6.07, 6.45) is 19.3. The van der Waals surface area contributed by atoms with E-state index in [1.165, 1.54) is 110 Å². The number of unbranched alkanes of at least 4 members (excludes halogenated alkanes) is 7. The predicted molar refractivity (Wildman–Crippen MR) is 208 cm³/mol. The monoisotopic (exact) mass is 626 g/mol. The van der Waals surface area contributed by atoms with Crippen molar-refractivity contribution in [2.45, 2.75) is 125 Å². The van der Waals surface area contributed by atoms with Gasteiger partial charge < -0.3 is 0 Å². The summed E-state index contributed by atoms with van der Waals surface area (Å²) >= 11 is 0. The molecule has 0 amide bonds. The van der Waals surface area contributed by atoms with Gasteiger partial charge in [0.25, 0.3) is 0 Å². The van der Waals surface area contributed by atoms with Crippen LogP contribution in [0.4, 0.5) is 11.4 Å². The van der Waals surface area contributed by atoms with Crippen LogP contribution in [0, 0.1) is 6.92 Å². The second-order valence-electron chi connectivity index (χ2n) is 13.1. The zero-order valence-corrected chi connectivity index (χ0v) is 30.0. The summed E-state index contributed by atoms with van der Waals surface area (Å²) < 4.78 is 0. The molecule has 0 spiro atoms. The minimum Gasteiger partial charge on any atom is -0.255 e. The Hall–Kier alpha value is -3.78. The molecule has 0 N–H and O–H groups in total. The second-order valence-corrected chi connectivity index (χ2v) is 13.1. The summed E-state index contributed by atoms with van der Waals surface area (Å²) in [5.41, 5.74) is 13.9. The van der Waals surface area contributed by atoms with E-state index < -0.39 is 0 Å². The van der Waals surface area contributed by atoms with Gasteiger partial charge in [0.05, 0.1) is 17.1 Å². The normalized spacial score (nSPS) is 11.9. The van der Waals surface area contributed by atoms with Crippen LogP contribution >= 0.6 is 0 Å². The maximum absolute atomic E-state index is 5.25. The molecule has 0 aliphatic heterocycles. The highest BCUT2D eigenvalue weighted by Crippen LogP contribution is 2.36. The Morgan fingerprint density at radius 1 is 0.553 bits per heavy atom. The van der Waals surface area contributed by atoms with E-state index in [4.69, 9.17) is 9.98 Å². The smallest absolute Gasteiger partial charge is 0.0642 e. The van der Waals surface area contributed by atoms with Gasteiger partial charge in [-0.15, -0.1) is 0 Å². The molecule has 0 aliphatic carbocycles. The molecule has 2 heteroatoms. The molecule has 0 bridgehead atoms. The lowest BCUT2D eigenvalue weighted by Gasteiger charge is -2.17. The maximum Gasteiger partial charge on any atom is 0.0642 e. The number of hydrogen-bond donors (Lipinski definition) is 0. The van der Waals surface area contributed by atoms with Gasteiger partial charge in [-0.25, -0.2) is 0 Å². The van der Waals surface area contributed by atoms with Crippen molar-refractivity contribution in [3.8, 4) is 22.3 Å². The molecule has 4 aromatic carbocycles. The van der Waals surface area contributed by atoms with E-state index in [0.717, 1.165) is 36.3 Å². The minimum atomic E-state index is 0.834. The largest absolute Gasteiger partial charge is 0.255 e. The third-order valence-corrected chi connectivity index (χ3v) is 9.36. The summed E-state index contributed by atoms with van der Waals surface area (Å²) in [7, 11) is 0. The molecule has 0 fully saturated rings. The minimum absolute atomic E-state index is 0.834. The van der Waals surface area contributed by atoms with Crippen LogP contribution in [0.3, 0.4) is 0 Å². The molecule has 2 nitrogen and oxygen atoms in total. The van der Waals surface area contributed by atoms with E-state index in [2.05, 4.69) is 120 Å². The highest BCUT2D eigenvalue weighted by atomic mass is 14.8. The molecule has 0 aliphatic rings. The lowest BCUT2D eigenvalue weighted by Crippen LogP contribution is -2.03. The van der Waals surface area contributed by atoms with Crippen LogP contribution in [0.5, 0.6) is 0 Å². The number of nitrogens with zero attached hydrogens (tertiary/aromatic N) is 2. The summed E-state index contributed by atoms with van der Waals surface area (Å²) in [6.45, 7) is 11.3. The van der Waals surface area contributed by atoms with Crippen molar-refractivity contribution in [2.24, 2.45) is 9.98 Å². The van der Waals surface area contributed by atoms with Gasteiger partial charge in [0.2, 0.25) is 0 Å². The molecule has 4 rings (SSSR count). The first-order valence-electron chi connectivity index (χ1n) is 18.6. The van der Waals surface area contributed by atoms with Crippen molar-refractivity contribution >= 4 is 23.3 Å². The maximum atomic E-state index is 5.25. The topological polar surface area (TPSA) is 24.7 Å².